The molecule has 2 aliphatic heterocycles. The van der Waals surface area contributed by atoms with Crippen LogP contribution in [0.4, 0.5) is 8.78 Å². The number of aromatic hydroxyl groups is 1. The van der Waals surface area contributed by atoms with Crippen molar-refractivity contribution in [3.8, 4) is 28.3 Å². The average Bonchev–Trinajstić information content (AvgIpc) is 3.06. The topological polar surface area (TPSA) is 101 Å². The number of carbonyl (C=O) groups is 1. The van der Waals surface area contributed by atoms with E-state index in [1.54, 1.807) is 5.01 Å². The molecule has 4 heterocycles. The molecule has 190 valence electrons. The molecule has 0 saturated carbocycles. The van der Waals surface area contributed by atoms with Crippen molar-refractivity contribution in [2.45, 2.75) is 12.2 Å². The summed E-state index contributed by atoms with van der Waals surface area (Å²) >= 11 is 0. The van der Waals surface area contributed by atoms with Gasteiger partial charge in [-0.25, -0.2) is 8.78 Å². The quantitative estimate of drug-likeness (QED) is 0.416. The number of hydrogen-bond donors (Lipinski definition) is 1. The maximum atomic E-state index is 15.7. The number of nitrogens with zero attached hydrogens (tertiary/aromatic N) is 5. The Labute approximate surface area is 214 Å². The van der Waals surface area contributed by atoms with Crippen LogP contribution in [0.25, 0.3) is 22.5 Å². The van der Waals surface area contributed by atoms with E-state index in [-0.39, 0.29) is 36.7 Å². The summed E-state index contributed by atoms with van der Waals surface area (Å²) in [6.07, 6.45) is 3.62. The van der Waals surface area contributed by atoms with Gasteiger partial charge in [-0.05, 0) is 17.2 Å². The fraction of sp³-hybridized carbons (Fsp3) is 0.185. The highest BCUT2D eigenvalue weighted by atomic mass is 19.2. The summed E-state index contributed by atoms with van der Waals surface area (Å²) < 4.78 is 37.6. The molecule has 1 fully saturated rings. The van der Waals surface area contributed by atoms with Crippen molar-refractivity contribution in [3.63, 3.8) is 0 Å². The van der Waals surface area contributed by atoms with Crippen LogP contribution in [0.3, 0.4) is 0 Å². The number of pyridine rings is 1. The largest absolute Gasteiger partial charge is 0.502 e. The van der Waals surface area contributed by atoms with Crippen LogP contribution in [-0.2, 0) is 4.74 Å². The highest BCUT2D eigenvalue weighted by molar-refractivity contribution is 5.97. The lowest BCUT2D eigenvalue weighted by Crippen LogP contribution is -2.66. The summed E-state index contributed by atoms with van der Waals surface area (Å²) in [6, 6.07) is 10.2. The summed E-state index contributed by atoms with van der Waals surface area (Å²) in [6.45, 7) is 0.592. The molecule has 0 bridgehead atoms. The van der Waals surface area contributed by atoms with Gasteiger partial charge < -0.3 is 14.7 Å². The van der Waals surface area contributed by atoms with Crippen LogP contribution in [0.2, 0.25) is 0 Å². The van der Waals surface area contributed by atoms with Gasteiger partial charge in [-0.1, -0.05) is 30.3 Å². The van der Waals surface area contributed by atoms with E-state index in [0.717, 1.165) is 12.1 Å². The number of aromatic nitrogens is 3. The zero-order chi connectivity index (χ0) is 26.1. The van der Waals surface area contributed by atoms with Crippen molar-refractivity contribution in [2.24, 2.45) is 0 Å². The number of rotatable bonds is 1. The first-order chi connectivity index (χ1) is 18.5. The molecule has 2 aromatic carbocycles. The normalized spacial score (nSPS) is 19.6. The van der Waals surface area contributed by atoms with Gasteiger partial charge in [0, 0.05) is 42.3 Å². The molecule has 3 aliphatic rings. The Morgan fingerprint density at radius 1 is 0.974 bits per heavy atom. The molecule has 11 heteroatoms. The monoisotopic (exact) mass is 515 g/mol. The summed E-state index contributed by atoms with van der Waals surface area (Å²) in [5.74, 6) is -3.33. The number of ether oxygens (including phenoxy) is 1. The molecule has 1 amide bonds. The van der Waals surface area contributed by atoms with Gasteiger partial charge in [-0.3, -0.25) is 29.2 Å². The maximum Gasteiger partial charge on any atom is 0.278 e. The third-order valence-corrected chi connectivity index (χ3v) is 7.31. The minimum atomic E-state index is -1.07. The minimum Gasteiger partial charge on any atom is -0.502 e. The third-order valence-electron chi connectivity index (χ3n) is 7.31. The Kier molecular flexibility index (Phi) is 4.86. The van der Waals surface area contributed by atoms with E-state index in [9.17, 15) is 19.1 Å². The summed E-state index contributed by atoms with van der Waals surface area (Å²) in [7, 11) is 0. The van der Waals surface area contributed by atoms with Crippen LogP contribution < -0.4 is 10.4 Å². The van der Waals surface area contributed by atoms with Crippen LogP contribution in [0, 0.1) is 11.6 Å². The molecule has 9 nitrogen and oxygen atoms in total. The smallest absolute Gasteiger partial charge is 0.278 e. The van der Waals surface area contributed by atoms with Crippen molar-refractivity contribution < 1.29 is 23.4 Å². The van der Waals surface area contributed by atoms with Gasteiger partial charge in [-0.15, -0.1) is 0 Å². The second-order valence-electron chi connectivity index (χ2n) is 9.22. The van der Waals surface area contributed by atoms with Crippen LogP contribution >= 0.6 is 0 Å². The lowest BCUT2D eigenvalue weighted by molar-refractivity contribution is -0.0196. The molecule has 0 spiro atoms. The van der Waals surface area contributed by atoms with Gasteiger partial charge in [0.2, 0.25) is 5.43 Å². The number of halogens is 2. The van der Waals surface area contributed by atoms with Crippen molar-refractivity contribution >= 4 is 5.91 Å². The molecular weight excluding hydrogens is 496 g/mol. The molecule has 0 unspecified atom stereocenters. The van der Waals surface area contributed by atoms with Gasteiger partial charge in [0.1, 0.15) is 6.17 Å². The highest BCUT2D eigenvalue weighted by Gasteiger charge is 2.46. The molecule has 1 saturated heterocycles. The summed E-state index contributed by atoms with van der Waals surface area (Å²) in [4.78, 5) is 36.3. The average molecular weight is 515 g/mol. The van der Waals surface area contributed by atoms with Crippen molar-refractivity contribution in [2.75, 3.05) is 24.8 Å². The van der Waals surface area contributed by atoms with Crippen LogP contribution in [-0.4, -0.2) is 56.5 Å². The van der Waals surface area contributed by atoms with Gasteiger partial charge in [-0.2, -0.15) is 0 Å². The zero-order valence-corrected chi connectivity index (χ0v) is 19.7. The number of morpholine rings is 1. The molecule has 38 heavy (non-hydrogen) atoms. The Bertz CT molecular complexity index is 1710. The van der Waals surface area contributed by atoms with Gasteiger partial charge in [0.25, 0.3) is 5.91 Å². The van der Waals surface area contributed by atoms with E-state index in [0.29, 0.717) is 22.4 Å². The van der Waals surface area contributed by atoms with Crippen molar-refractivity contribution in [3.05, 3.63) is 99.7 Å². The Balaban J connectivity index is 1.60. The minimum absolute atomic E-state index is 0.0544. The van der Waals surface area contributed by atoms with Gasteiger partial charge in [0.05, 0.1) is 30.6 Å². The fourth-order valence-corrected chi connectivity index (χ4v) is 5.69. The second kappa shape index (κ2) is 8.18. The number of hydrogen-bond acceptors (Lipinski definition) is 7. The van der Waals surface area contributed by atoms with E-state index in [4.69, 9.17) is 4.74 Å². The number of benzene rings is 2. The Morgan fingerprint density at radius 3 is 2.61 bits per heavy atom. The fourth-order valence-electron chi connectivity index (χ4n) is 5.69. The van der Waals surface area contributed by atoms with E-state index < -0.39 is 40.9 Å². The predicted molar refractivity (Wildman–Crippen MR) is 131 cm³/mol. The standard InChI is InChI=1S/C27H19F2N5O4/c28-17-6-5-16-20(21(17)29)23-22(30-8-9-31-23)14-3-1-2-4-15(14)24(16)34-19-13-38-12-11-32(19)27(37)25-26(36)18(35)7-10-33(25)34/h1-10,19,24,36H,11-13H2/t19-,24-/m1/s1. The zero-order valence-electron chi connectivity index (χ0n) is 19.7. The van der Waals surface area contributed by atoms with Crippen LogP contribution in [0.1, 0.15) is 27.7 Å². The molecule has 4 aromatic rings. The Morgan fingerprint density at radius 2 is 1.76 bits per heavy atom. The molecule has 0 radical (unpaired) electrons. The first kappa shape index (κ1) is 22.5. The maximum absolute atomic E-state index is 15.7. The lowest BCUT2D eigenvalue weighted by atomic mass is 9.92. The summed E-state index contributed by atoms with van der Waals surface area (Å²) in [5.41, 5.74) is 1.29. The Hall–Kier alpha value is -4.64. The molecule has 7 rings (SSSR count). The van der Waals surface area contributed by atoms with Gasteiger partial charge in [0.15, 0.2) is 23.1 Å². The SMILES string of the molecule is O=C1c2c(O)c(=O)ccn2N([C@@H]2c3ccccc3-c3nccnc3-c3c2ccc(F)c3F)[C@@H]2COCCN12. The van der Waals surface area contributed by atoms with Crippen molar-refractivity contribution in [1.29, 1.82) is 0 Å². The first-order valence-corrected chi connectivity index (χ1v) is 12.0. The number of carbonyl (C=O) groups excluding carboxylic acids is 1. The second-order valence-corrected chi connectivity index (χ2v) is 9.22. The molecular formula is C27H19F2N5O4. The lowest BCUT2D eigenvalue weighted by Gasteiger charge is -2.51. The van der Waals surface area contributed by atoms with Crippen LogP contribution in [0.5, 0.6) is 5.75 Å². The van der Waals surface area contributed by atoms with Crippen molar-refractivity contribution in [1.82, 2.24) is 19.5 Å². The van der Waals surface area contributed by atoms with Crippen LogP contribution in [0.15, 0.2) is 65.8 Å². The molecule has 2 aromatic heterocycles. The van der Waals surface area contributed by atoms with E-state index in [2.05, 4.69) is 9.97 Å². The number of amides is 1. The predicted octanol–water partition coefficient (Wildman–Crippen LogP) is 2.81. The summed E-state index contributed by atoms with van der Waals surface area (Å²) in [5, 5.41) is 12.5. The highest BCUT2D eigenvalue weighted by Crippen LogP contribution is 2.47. The molecule has 1 aliphatic carbocycles. The number of fused-ring (bicyclic) bond motifs is 7. The third kappa shape index (κ3) is 2.99. The van der Waals surface area contributed by atoms with E-state index in [1.807, 2.05) is 24.3 Å². The molecule has 2 atom stereocenters. The van der Waals surface area contributed by atoms with E-state index >= 15 is 4.39 Å². The molecule has 1 N–H and O–H groups in total. The first-order valence-electron chi connectivity index (χ1n) is 12.0. The van der Waals surface area contributed by atoms with E-state index in [1.165, 1.54) is 34.2 Å². The van der Waals surface area contributed by atoms with Gasteiger partial charge >= 0.3 is 0 Å².